The molecule has 5 rings (SSSR count). The number of unbranched alkanes of at least 4 members (excludes halogenated alkanes) is 1. The summed E-state index contributed by atoms with van der Waals surface area (Å²) in [5.41, 5.74) is 5.05. The zero-order valence-electron chi connectivity index (χ0n) is 19.5. The molecule has 0 bridgehead atoms. The van der Waals surface area contributed by atoms with Gasteiger partial charge in [0, 0.05) is 17.4 Å². The standard InChI is InChI=1S/C30H35NO2/c32-26-16-17-29-27(21-26)30(28(22-33-29)24-10-3-1-4-11-24)25-14-12-23(13-15-25)9-5-8-20-31-18-6-2-7-19-31/h1,3-4,10-17,21,28,30,32H,2,5-9,18-20,22H2. The Labute approximate surface area is 198 Å². The Balaban J connectivity index is 1.31. The highest BCUT2D eigenvalue weighted by Gasteiger charge is 2.33. The first kappa shape index (κ1) is 22.0. The van der Waals surface area contributed by atoms with Gasteiger partial charge in [0.05, 0.1) is 6.61 Å². The highest BCUT2D eigenvalue weighted by Crippen LogP contribution is 2.47. The summed E-state index contributed by atoms with van der Waals surface area (Å²) in [5.74, 6) is 1.56. The number of ether oxygens (including phenoxy) is 1. The van der Waals surface area contributed by atoms with Gasteiger partial charge >= 0.3 is 0 Å². The fourth-order valence-corrected chi connectivity index (χ4v) is 5.54. The van der Waals surface area contributed by atoms with Crippen molar-refractivity contribution < 1.29 is 9.84 Å². The predicted molar refractivity (Wildman–Crippen MR) is 134 cm³/mol. The Morgan fingerprint density at radius 2 is 1.61 bits per heavy atom. The SMILES string of the molecule is Oc1ccc2c(c1)C(c1ccc(CCCCN3CCCCC3)cc1)C(c1ccccc1)CO2. The molecule has 2 unspecified atom stereocenters. The summed E-state index contributed by atoms with van der Waals surface area (Å²) in [6, 6.07) is 25.3. The van der Waals surface area contributed by atoms with E-state index in [0.29, 0.717) is 12.4 Å². The largest absolute Gasteiger partial charge is 0.508 e. The highest BCUT2D eigenvalue weighted by molar-refractivity contribution is 5.50. The summed E-state index contributed by atoms with van der Waals surface area (Å²) in [4.78, 5) is 2.63. The van der Waals surface area contributed by atoms with Gasteiger partial charge in [0.25, 0.3) is 0 Å². The van der Waals surface area contributed by atoms with Gasteiger partial charge in [-0.1, -0.05) is 61.0 Å². The second-order valence-electron chi connectivity index (χ2n) is 9.63. The molecule has 0 saturated carbocycles. The van der Waals surface area contributed by atoms with Crippen LogP contribution in [0.2, 0.25) is 0 Å². The van der Waals surface area contributed by atoms with Crippen molar-refractivity contribution in [1.29, 1.82) is 0 Å². The maximum Gasteiger partial charge on any atom is 0.123 e. The summed E-state index contributed by atoms with van der Waals surface area (Å²) >= 11 is 0. The number of aromatic hydroxyl groups is 1. The molecule has 0 aromatic heterocycles. The number of fused-ring (bicyclic) bond motifs is 1. The van der Waals surface area contributed by atoms with Crippen molar-refractivity contribution in [2.24, 2.45) is 0 Å². The van der Waals surface area contributed by atoms with E-state index in [1.54, 1.807) is 6.07 Å². The van der Waals surface area contributed by atoms with E-state index in [0.717, 1.165) is 17.7 Å². The van der Waals surface area contributed by atoms with Crippen LogP contribution in [0.15, 0.2) is 72.8 Å². The predicted octanol–water partition coefficient (Wildman–Crippen LogP) is 6.51. The van der Waals surface area contributed by atoms with Gasteiger partial charge in [-0.25, -0.2) is 0 Å². The average Bonchev–Trinajstić information content (AvgIpc) is 2.87. The molecule has 2 atom stereocenters. The normalized spacial score (nSPS) is 20.7. The van der Waals surface area contributed by atoms with Crippen molar-refractivity contribution in [2.75, 3.05) is 26.2 Å². The minimum atomic E-state index is 0.163. The molecule has 1 N–H and O–H groups in total. The second-order valence-corrected chi connectivity index (χ2v) is 9.63. The molecule has 0 aliphatic carbocycles. The molecule has 0 radical (unpaired) electrons. The van der Waals surface area contributed by atoms with E-state index < -0.39 is 0 Å². The van der Waals surface area contributed by atoms with Crippen LogP contribution in [0.5, 0.6) is 11.5 Å². The fraction of sp³-hybridized carbons (Fsp3) is 0.400. The van der Waals surface area contributed by atoms with Crippen molar-refractivity contribution in [1.82, 2.24) is 4.90 Å². The van der Waals surface area contributed by atoms with Crippen LogP contribution in [0.1, 0.15) is 66.2 Å². The van der Waals surface area contributed by atoms with Crippen molar-refractivity contribution in [2.45, 2.75) is 50.4 Å². The Hall–Kier alpha value is -2.78. The maximum absolute atomic E-state index is 10.2. The smallest absolute Gasteiger partial charge is 0.123 e. The molecule has 2 aliphatic heterocycles. The van der Waals surface area contributed by atoms with Crippen molar-refractivity contribution in [3.8, 4) is 11.5 Å². The van der Waals surface area contributed by atoms with Crippen LogP contribution in [-0.2, 0) is 6.42 Å². The number of phenolic OH excluding ortho intramolecular Hbond substituents is 1. The lowest BCUT2D eigenvalue weighted by Crippen LogP contribution is -2.30. The molecule has 3 nitrogen and oxygen atoms in total. The number of piperidine rings is 1. The molecule has 1 saturated heterocycles. The number of aryl methyl sites for hydroxylation is 1. The van der Waals surface area contributed by atoms with E-state index in [-0.39, 0.29) is 11.8 Å². The summed E-state index contributed by atoms with van der Waals surface area (Å²) in [5, 5.41) is 10.2. The molecule has 2 heterocycles. The zero-order valence-corrected chi connectivity index (χ0v) is 19.5. The van der Waals surface area contributed by atoms with Gasteiger partial charge in [0.2, 0.25) is 0 Å². The number of phenols is 1. The van der Waals surface area contributed by atoms with Gasteiger partial charge in [-0.05, 0) is 86.6 Å². The Morgan fingerprint density at radius 1 is 0.818 bits per heavy atom. The molecule has 0 spiro atoms. The monoisotopic (exact) mass is 441 g/mol. The molecule has 33 heavy (non-hydrogen) atoms. The van der Waals surface area contributed by atoms with Gasteiger partial charge < -0.3 is 14.7 Å². The van der Waals surface area contributed by atoms with E-state index in [2.05, 4.69) is 59.5 Å². The number of rotatable bonds is 7. The van der Waals surface area contributed by atoms with Gasteiger partial charge in [-0.2, -0.15) is 0 Å². The number of benzene rings is 3. The quantitative estimate of drug-likeness (QED) is 0.424. The Morgan fingerprint density at radius 3 is 2.39 bits per heavy atom. The fourth-order valence-electron chi connectivity index (χ4n) is 5.54. The molecule has 3 aromatic rings. The first-order valence-electron chi connectivity index (χ1n) is 12.6. The maximum atomic E-state index is 10.2. The highest BCUT2D eigenvalue weighted by atomic mass is 16.5. The van der Waals surface area contributed by atoms with Crippen LogP contribution < -0.4 is 4.74 Å². The Bertz CT molecular complexity index is 1020. The molecule has 3 heteroatoms. The minimum Gasteiger partial charge on any atom is -0.508 e. The van der Waals surface area contributed by atoms with E-state index in [4.69, 9.17) is 4.74 Å². The molecule has 172 valence electrons. The van der Waals surface area contributed by atoms with Crippen LogP contribution in [0.3, 0.4) is 0 Å². The number of likely N-dealkylation sites (tertiary alicyclic amines) is 1. The molecule has 1 fully saturated rings. The van der Waals surface area contributed by atoms with Crippen LogP contribution in [0, 0.1) is 0 Å². The van der Waals surface area contributed by atoms with E-state index in [1.807, 2.05) is 12.1 Å². The van der Waals surface area contributed by atoms with Gasteiger partial charge in [0.1, 0.15) is 11.5 Å². The number of nitrogens with zero attached hydrogens (tertiary/aromatic N) is 1. The second kappa shape index (κ2) is 10.4. The average molecular weight is 442 g/mol. The summed E-state index contributed by atoms with van der Waals surface area (Å²) in [6.45, 7) is 4.47. The third-order valence-electron chi connectivity index (χ3n) is 7.35. The summed E-state index contributed by atoms with van der Waals surface area (Å²) in [7, 11) is 0. The summed E-state index contributed by atoms with van der Waals surface area (Å²) in [6.07, 6.45) is 7.82. The molecule has 0 amide bonds. The molecular weight excluding hydrogens is 406 g/mol. The van der Waals surface area contributed by atoms with Crippen LogP contribution in [0.25, 0.3) is 0 Å². The first-order valence-corrected chi connectivity index (χ1v) is 12.6. The van der Waals surface area contributed by atoms with Crippen LogP contribution in [-0.4, -0.2) is 36.2 Å². The first-order chi connectivity index (χ1) is 16.3. The molecule has 3 aromatic carbocycles. The Kier molecular flexibility index (Phi) is 6.97. The third kappa shape index (κ3) is 5.25. The van der Waals surface area contributed by atoms with E-state index >= 15 is 0 Å². The lowest BCUT2D eigenvalue weighted by molar-refractivity contribution is 0.225. The number of hydrogen-bond acceptors (Lipinski definition) is 3. The lowest BCUT2D eigenvalue weighted by atomic mass is 9.75. The number of hydrogen-bond donors (Lipinski definition) is 1. The van der Waals surface area contributed by atoms with Crippen LogP contribution >= 0.6 is 0 Å². The summed E-state index contributed by atoms with van der Waals surface area (Å²) < 4.78 is 6.12. The lowest BCUT2D eigenvalue weighted by Gasteiger charge is -2.34. The van der Waals surface area contributed by atoms with Gasteiger partial charge in [-0.3, -0.25) is 0 Å². The third-order valence-corrected chi connectivity index (χ3v) is 7.35. The van der Waals surface area contributed by atoms with Gasteiger partial charge in [-0.15, -0.1) is 0 Å². The van der Waals surface area contributed by atoms with E-state index in [1.165, 1.54) is 68.4 Å². The minimum absolute atomic E-state index is 0.163. The topological polar surface area (TPSA) is 32.7 Å². The van der Waals surface area contributed by atoms with E-state index in [9.17, 15) is 5.11 Å². The van der Waals surface area contributed by atoms with Crippen molar-refractivity contribution >= 4 is 0 Å². The molecule has 2 aliphatic rings. The van der Waals surface area contributed by atoms with Crippen molar-refractivity contribution in [3.63, 3.8) is 0 Å². The van der Waals surface area contributed by atoms with Crippen molar-refractivity contribution in [3.05, 3.63) is 95.1 Å². The molecular formula is C30H35NO2. The van der Waals surface area contributed by atoms with Gasteiger partial charge in [0.15, 0.2) is 0 Å². The zero-order chi connectivity index (χ0) is 22.5. The van der Waals surface area contributed by atoms with Crippen LogP contribution in [0.4, 0.5) is 0 Å².